The molecule has 0 fully saturated rings. The number of aryl methyl sites for hydroxylation is 2. The van der Waals surface area contributed by atoms with Crippen molar-refractivity contribution in [2.24, 2.45) is 0 Å². The zero-order chi connectivity index (χ0) is 17.0. The molecule has 3 rings (SSSR count). The Hall–Kier alpha value is -2.05. The van der Waals surface area contributed by atoms with E-state index in [1.54, 1.807) is 6.07 Å². The Bertz CT molecular complexity index is 818. The lowest BCUT2D eigenvalue weighted by Gasteiger charge is -2.18. The van der Waals surface area contributed by atoms with Crippen LogP contribution in [-0.4, -0.2) is 28.2 Å². The Morgan fingerprint density at radius 3 is 2.62 bits per heavy atom. The van der Waals surface area contributed by atoms with Crippen molar-refractivity contribution in [3.63, 3.8) is 0 Å². The van der Waals surface area contributed by atoms with Crippen molar-refractivity contribution in [2.45, 2.75) is 24.7 Å². The number of hydrogen-bond acceptors (Lipinski definition) is 4. The topological polar surface area (TPSA) is 64.6 Å². The van der Waals surface area contributed by atoms with Crippen molar-refractivity contribution < 1.29 is 17.9 Å². The number of sulfonamides is 1. The molecular formula is C18H21NO4S. The molecule has 0 unspecified atom stereocenters. The standard InChI is InChI=1S/C18H21NO4S/c1-14-4-2-5-15(12-14)6-3-9-19-24(20,21)16-7-8-17-18(13-16)23-11-10-22-17/h2,4-5,7-8,12-13,19H,3,6,9-11H2,1H3. The van der Waals surface area contributed by atoms with Crippen LogP contribution in [0.25, 0.3) is 0 Å². The summed E-state index contributed by atoms with van der Waals surface area (Å²) in [6.07, 6.45) is 1.58. The number of rotatable bonds is 6. The molecule has 0 bridgehead atoms. The van der Waals surface area contributed by atoms with E-state index < -0.39 is 10.0 Å². The molecule has 2 aromatic rings. The summed E-state index contributed by atoms with van der Waals surface area (Å²) in [5.74, 6) is 1.06. The fourth-order valence-corrected chi connectivity index (χ4v) is 3.73. The molecule has 0 aliphatic carbocycles. The smallest absolute Gasteiger partial charge is 0.240 e. The van der Waals surface area contributed by atoms with Crippen molar-refractivity contribution in [1.82, 2.24) is 4.72 Å². The van der Waals surface area contributed by atoms with Crippen molar-refractivity contribution >= 4 is 10.0 Å². The predicted octanol–water partition coefficient (Wildman–Crippen LogP) is 2.68. The summed E-state index contributed by atoms with van der Waals surface area (Å²) in [6.45, 7) is 3.36. The number of nitrogens with one attached hydrogen (secondary N) is 1. The van der Waals surface area contributed by atoms with Crippen molar-refractivity contribution in [2.75, 3.05) is 19.8 Å². The highest BCUT2D eigenvalue weighted by atomic mass is 32.2. The minimum atomic E-state index is -3.54. The van der Waals surface area contributed by atoms with E-state index in [9.17, 15) is 8.42 Å². The van der Waals surface area contributed by atoms with Crippen molar-refractivity contribution in [3.05, 3.63) is 53.6 Å². The Labute approximate surface area is 142 Å². The molecule has 0 spiro atoms. The molecule has 6 heteroatoms. The highest BCUT2D eigenvalue weighted by molar-refractivity contribution is 7.89. The lowest BCUT2D eigenvalue weighted by Crippen LogP contribution is -2.25. The van der Waals surface area contributed by atoms with Crippen LogP contribution in [0.3, 0.4) is 0 Å². The van der Waals surface area contributed by atoms with Gasteiger partial charge in [-0.2, -0.15) is 0 Å². The van der Waals surface area contributed by atoms with E-state index in [-0.39, 0.29) is 4.90 Å². The Kier molecular flexibility index (Phi) is 5.06. The van der Waals surface area contributed by atoms with E-state index >= 15 is 0 Å². The van der Waals surface area contributed by atoms with Crippen LogP contribution in [0.2, 0.25) is 0 Å². The summed E-state index contributed by atoms with van der Waals surface area (Å²) in [7, 11) is -3.54. The second-order valence-corrected chi connectivity index (χ2v) is 7.56. The quantitative estimate of drug-likeness (QED) is 0.816. The zero-order valence-electron chi connectivity index (χ0n) is 13.6. The Morgan fingerprint density at radius 1 is 1.04 bits per heavy atom. The third-order valence-corrected chi connectivity index (χ3v) is 5.30. The van der Waals surface area contributed by atoms with E-state index in [1.807, 2.05) is 19.1 Å². The monoisotopic (exact) mass is 347 g/mol. The van der Waals surface area contributed by atoms with Gasteiger partial charge in [0.05, 0.1) is 4.90 Å². The maximum Gasteiger partial charge on any atom is 0.240 e. The van der Waals surface area contributed by atoms with E-state index in [2.05, 4.69) is 16.9 Å². The summed E-state index contributed by atoms with van der Waals surface area (Å²) >= 11 is 0. The van der Waals surface area contributed by atoms with Gasteiger partial charge in [0.1, 0.15) is 13.2 Å². The number of hydrogen-bond donors (Lipinski definition) is 1. The van der Waals surface area contributed by atoms with E-state index in [1.165, 1.54) is 23.3 Å². The molecule has 1 N–H and O–H groups in total. The fourth-order valence-electron chi connectivity index (χ4n) is 2.64. The summed E-state index contributed by atoms with van der Waals surface area (Å²) in [5, 5.41) is 0. The van der Waals surface area contributed by atoms with Crippen LogP contribution in [0.1, 0.15) is 17.5 Å². The molecule has 2 aromatic carbocycles. The second-order valence-electron chi connectivity index (χ2n) is 5.80. The van der Waals surface area contributed by atoms with Crippen LogP contribution in [0, 0.1) is 6.92 Å². The van der Waals surface area contributed by atoms with Gasteiger partial charge in [-0.25, -0.2) is 13.1 Å². The predicted molar refractivity (Wildman–Crippen MR) is 92.1 cm³/mol. The van der Waals surface area contributed by atoms with Gasteiger partial charge in [0, 0.05) is 12.6 Å². The number of fused-ring (bicyclic) bond motifs is 1. The van der Waals surface area contributed by atoms with Gasteiger partial charge in [0.15, 0.2) is 11.5 Å². The van der Waals surface area contributed by atoms with Gasteiger partial charge in [-0.15, -0.1) is 0 Å². The van der Waals surface area contributed by atoms with Gasteiger partial charge < -0.3 is 9.47 Å². The van der Waals surface area contributed by atoms with Gasteiger partial charge in [0.2, 0.25) is 10.0 Å². The molecule has 0 atom stereocenters. The molecule has 0 saturated heterocycles. The summed E-state index contributed by atoms with van der Waals surface area (Å²) in [6, 6.07) is 12.9. The molecule has 128 valence electrons. The normalized spacial score (nSPS) is 13.7. The first kappa shape index (κ1) is 16.8. The Balaban J connectivity index is 1.58. The largest absolute Gasteiger partial charge is 0.486 e. The summed E-state index contributed by atoms with van der Waals surface area (Å²) in [5.41, 5.74) is 2.43. The second kappa shape index (κ2) is 7.23. The SMILES string of the molecule is Cc1cccc(CCCNS(=O)(=O)c2ccc3c(c2)OCCO3)c1. The van der Waals surface area contributed by atoms with Gasteiger partial charge in [0.25, 0.3) is 0 Å². The molecule has 1 aliphatic heterocycles. The van der Waals surface area contributed by atoms with Crippen LogP contribution in [0.5, 0.6) is 11.5 Å². The minimum Gasteiger partial charge on any atom is -0.486 e. The van der Waals surface area contributed by atoms with Crippen molar-refractivity contribution in [1.29, 1.82) is 0 Å². The third kappa shape index (κ3) is 4.07. The van der Waals surface area contributed by atoms with Crippen LogP contribution in [-0.2, 0) is 16.4 Å². The molecule has 0 aromatic heterocycles. The lowest BCUT2D eigenvalue weighted by atomic mass is 10.1. The zero-order valence-corrected chi connectivity index (χ0v) is 14.4. The third-order valence-electron chi connectivity index (χ3n) is 3.84. The molecule has 5 nitrogen and oxygen atoms in total. The van der Waals surface area contributed by atoms with Gasteiger partial charge in [-0.05, 0) is 37.5 Å². The first-order valence-corrected chi connectivity index (χ1v) is 9.48. The minimum absolute atomic E-state index is 0.197. The average molecular weight is 347 g/mol. The van der Waals surface area contributed by atoms with E-state index in [0.29, 0.717) is 31.3 Å². The molecule has 24 heavy (non-hydrogen) atoms. The van der Waals surface area contributed by atoms with Gasteiger partial charge in [-0.1, -0.05) is 29.8 Å². The maximum atomic E-state index is 12.4. The Morgan fingerprint density at radius 2 is 1.83 bits per heavy atom. The molecule has 0 amide bonds. The summed E-state index contributed by atoms with van der Waals surface area (Å²) < 4.78 is 38.2. The first-order chi connectivity index (χ1) is 11.5. The molecule has 0 radical (unpaired) electrons. The first-order valence-electron chi connectivity index (χ1n) is 7.99. The fraction of sp³-hybridized carbons (Fsp3) is 0.333. The van der Waals surface area contributed by atoms with Crippen LogP contribution in [0.4, 0.5) is 0 Å². The highest BCUT2D eigenvalue weighted by Gasteiger charge is 2.18. The van der Waals surface area contributed by atoms with E-state index in [4.69, 9.17) is 9.47 Å². The molecular weight excluding hydrogens is 326 g/mol. The van der Waals surface area contributed by atoms with Gasteiger partial charge in [-0.3, -0.25) is 0 Å². The highest BCUT2D eigenvalue weighted by Crippen LogP contribution is 2.32. The van der Waals surface area contributed by atoms with Crippen molar-refractivity contribution in [3.8, 4) is 11.5 Å². The number of ether oxygens (including phenoxy) is 2. The van der Waals surface area contributed by atoms with Crippen LogP contribution < -0.4 is 14.2 Å². The molecule has 1 aliphatic rings. The average Bonchev–Trinajstić information content (AvgIpc) is 2.58. The molecule has 0 saturated carbocycles. The maximum absolute atomic E-state index is 12.4. The number of benzene rings is 2. The molecule has 1 heterocycles. The summed E-state index contributed by atoms with van der Waals surface area (Å²) in [4.78, 5) is 0.197. The van der Waals surface area contributed by atoms with Crippen LogP contribution >= 0.6 is 0 Å². The van der Waals surface area contributed by atoms with E-state index in [0.717, 1.165) is 12.8 Å². The lowest BCUT2D eigenvalue weighted by molar-refractivity contribution is 0.171. The van der Waals surface area contributed by atoms with Gasteiger partial charge >= 0.3 is 0 Å². The van der Waals surface area contributed by atoms with Crippen LogP contribution in [0.15, 0.2) is 47.4 Å².